The maximum atomic E-state index is 15.6. The average molecular weight is 625 g/mol. The number of ether oxygens (including phenoxy) is 1. The van der Waals surface area contributed by atoms with Crippen molar-refractivity contribution in [3.63, 3.8) is 0 Å². The standard InChI is InChI=1S/C34H37FN8O3/c1-34(2,42-19-24(44)20-42)14-6-8-22(17-36)33(45)41-15-7-9-23(18-41)43-32-29(31(37)38-21-39-32)30(40-43)27-13-12-26(16-28(27)35)46-25-10-4-3-5-11-25/h3-5,8,10-13,16,21,23-24,44H,6-7,9,14-15,18-20H2,1-2H3,(H2,37,38,39)/b22-8+/t23-/m1/s1. The van der Waals surface area contributed by atoms with E-state index in [-0.39, 0.29) is 40.5 Å². The number of aliphatic hydroxyl groups excluding tert-OH is 1. The summed E-state index contributed by atoms with van der Waals surface area (Å²) in [5.41, 5.74) is 7.22. The molecule has 11 nitrogen and oxygen atoms in total. The third-order valence-electron chi connectivity index (χ3n) is 8.90. The predicted molar refractivity (Wildman–Crippen MR) is 171 cm³/mol. The number of β-amino-alcohol motifs (C(OH)–C–C–N with tert-alkyl or cyclic N) is 1. The number of anilines is 1. The molecule has 0 bridgehead atoms. The Morgan fingerprint density at radius 3 is 2.67 bits per heavy atom. The zero-order valence-corrected chi connectivity index (χ0v) is 25.9. The van der Waals surface area contributed by atoms with Gasteiger partial charge in [0, 0.05) is 43.3 Å². The number of para-hydroxylation sites is 1. The number of rotatable bonds is 9. The Balaban J connectivity index is 1.22. The lowest BCUT2D eigenvalue weighted by molar-refractivity contribution is -0.128. The average Bonchev–Trinajstić information content (AvgIpc) is 3.42. The van der Waals surface area contributed by atoms with Crippen molar-refractivity contribution in [2.45, 2.75) is 57.2 Å². The third kappa shape index (κ3) is 6.29. The molecule has 2 saturated heterocycles. The van der Waals surface area contributed by atoms with Crippen LogP contribution >= 0.6 is 0 Å². The maximum absolute atomic E-state index is 15.6. The highest BCUT2D eigenvalue weighted by atomic mass is 19.1. The van der Waals surface area contributed by atoms with Gasteiger partial charge in [-0.05, 0) is 63.8 Å². The molecular formula is C34H37FN8O3. The monoisotopic (exact) mass is 624 g/mol. The van der Waals surface area contributed by atoms with Crippen LogP contribution in [0.15, 0.2) is 66.5 Å². The number of carbonyl (C=O) groups excluding carboxylic acids is 1. The normalized spacial score (nSPS) is 17.9. The van der Waals surface area contributed by atoms with Crippen LogP contribution in [0.5, 0.6) is 11.5 Å². The number of hydrogen-bond donors (Lipinski definition) is 2. The Kier molecular flexibility index (Phi) is 8.71. The molecule has 4 aromatic rings. The van der Waals surface area contributed by atoms with Gasteiger partial charge in [-0.25, -0.2) is 19.0 Å². The molecule has 0 aliphatic carbocycles. The molecule has 0 saturated carbocycles. The molecule has 1 atom stereocenters. The molecule has 6 rings (SSSR count). The van der Waals surface area contributed by atoms with Crippen molar-refractivity contribution in [1.82, 2.24) is 29.5 Å². The number of carbonyl (C=O) groups is 1. The van der Waals surface area contributed by atoms with Crippen molar-refractivity contribution >= 4 is 22.8 Å². The fraction of sp³-hybridized carbons (Fsp3) is 0.382. The molecule has 46 heavy (non-hydrogen) atoms. The van der Waals surface area contributed by atoms with Crippen LogP contribution in [0.25, 0.3) is 22.3 Å². The molecule has 12 heteroatoms. The SMILES string of the molecule is CC(C)(CC/C=C(\C#N)C(=O)N1CCC[C@@H](n2nc(-c3ccc(Oc4ccccc4)cc3F)c3c(N)ncnc32)C1)N1CC(O)C1. The number of hydrogen-bond acceptors (Lipinski definition) is 9. The Labute approximate surface area is 266 Å². The fourth-order valence-electron chi connectivity index (χ4n) is 6.18. The molecule has 0 unspecified atom stereocenters. The van der Waals surface area contributed by atoms with Crippen LogP contribution in [0, 0.1) is 17.1 Å². The summed E-state index contributed by atoms with van der Waals surface area (Å²) < 4.78 is 23.1. The van der Waals surface area contributed by atoms with E-state index in [1.807, 2.05) is 18.2 Å². The number of aliphatic hydroxyl groups is 1. The van der Waals surface area contributed by atoms with Gasteiger partial charge in [-0.15, -0.1) is 0 Å². The lowest BCUT2D eigenvalue weighted by Gasteiger charge is -2.47. The summed E-state index contributed by atoms with van der Waals surface area (Å²) in [4.78, 5) is 26.0. The smallest absolute Gasteiger partial charge is 0.264 e. The summed E-state index contributed by atoms with van der Waals surface area (Å²) in [6, 6.07) is 15.5. The van der Waals surface area contributed by atoms with Gasteiger partial charge < -0.3 is 20.5 Å². The molecular weight excluding hydrogens is 587 g/mol. The molecule has 0 radical (unpaired) electrons. The molecule has 0 spiro atoms. The lowest BCUT2D eigenvalue weighted by atomic mass is 9.91. The van der Waals surface area contributed by atoms with Crippen molar-refractivity contribution in [2.75, 3.05) is 31.9 Å². The number of nitriles is 1. The number of benzene rings is 2. The van der Waals surface area contributed by atoms with Crippen LogP contribution in [-0.4, -0.2) is 78.4 Å². The first-order valence-electron chi connectivity index (χ1n) is 15.5. The number of likely N-dealkylation sites (tertiary alicyclic amines) is 2. The summed E-state index contributed by atoms with van der Waals surface area (Å²) in [5, 5.41) is 24.8. The number of allylic oxidation sites excluding steroid dienone is 1. The number of fused-ring (bicyclic) bond motifs is 1. The maximum Gasteiger partial charge on any atom is 0.264 e. The zero-order chi connectivity index (χ0) is 32.4. The molecule has 3 N–H and O–H groups in total. The van der Waals surface area contributed by atoms with Crippen molar-refractivity contribution in [3.05, 3.63) is 72.3 Å². The number of amides is 1. The minimum absolute atomic E-state index is 0.109. The minimum atomic E-state index is -0.541. The predicted octanol–water partition coefficient (Wildman–Crippen LogP) is 4.86. The van der Waals surface area contributed by atoms with Gasteiger partial charge in [-0.2, -0.15) is 10.4 Å². The molecule has 2 aliphatic rings. The van der Waals surface area contributed by atoms with E-state index in [1.165, 1.54) is 12.4 Å². The molecule has 2 aromatic heterocycles. The summed E-state index contributed by atoms with van der Waals surface area (Å²) in [6.07, 6.45) is 5.48. The van der Waals surface area contributed by atoms with Crippen molar-refractivity contribution in [3.8, 4) is 28.8 Å². The van der Waals surface area contributed by atoms with Crippen LogP contribution in [0.4, 0.5) is 10.2 Å². The highest BCUT2D eigenvalue weighted by molar-refractivity contribution is 5.99. The second-order valence-corrected chi connectivity index (χ2v) is 12.5. The van der Waals surface area contributed by atoms with E-state index in [4.69, 9.17) is 15.6 Å². The van der Waals surface area contributed by atoms with Gasteiger partial charge in [0.15, 0.2) is 5.65 Å². The number of nitrogen functional groups attached to an aromatic ring is 1. The number of halogens is 1. The van der Waals surface area contributed by atoms with E-state index in [1.54, 1.807) is 39.9 Å². The highest BCUT2D eigenvalue weighted by Crippen LogP contribution is 2.36. The van der Waals surface area contributed by atoms with Crippen molar-refractivity contribution in [1.29, 1.82) is 5.26 Å². The number of nitrogens with zero attached hydrogens (tertiary/aromatic N) is 7. The second-order valence-electron chi connectivity index (χ2n) is 12.5. The van der Waals surface area contributed by atoms with Gasteiger partial charge in [0.25, 0.3) is 5.91 Å². The molecule has 1 amide bonds. The largest absolute Gasteiger partial charge is 0.457 e. The van der Waals surface area contributed by atoms with Crippen LogP contribution in [0.1, 0.15) is 45.6 Å². The van der Waals surface area contributed by atoms with E-state index in [9.17, 15) is 15.2 Å². The topological polar surface area (TPSA) is 146 Å². The zero-order valence-electron chi connectivity index (χ0n) is 25.9. The third-order valence-corrected chi connectivity index (χ3v) is 8.90. The minimum Gasteiger partial charge on any atom is -0.457 e. The highest BCUT2D eigenvalue weighted by Gasteiger charge is 2.36. The Hall–Kier alpha value is -4.86. The van der Waals surface area contributed by atoms with E-state index >= 15 is 4.39 Å². The first-order valence-corrected chi connectivity index (χ1v) is 15.5. The van der Waals surface area contributed by atoms with E-state index in [2.05, 4.69) is 34.8 Å². The molecule has 2 fully saturated rings. The number of piperidine rings is 1. The Bertz CT molecular complexity index is 1810. The summed E-state index contributed by atoms with van der Waals surface area (Å²) >= 11 is 0. The molecule has 2 aliphatic heterocycles. The Morgan fingerprint density at radius 1 is 1.17 bits per heavy atom. The van der Waals surface area contributed by atoms with Crippen molar-refractivity contribution in [2.24, 2.45) is 0 Å². The molecule has 4 heterocycles. The van der Waals surface area contributed by atoms with Gasteiger partial charge in [0.2, 0.25) is 0 Å². The van der Waals surface area contributed by atoms with Gasteiger partial charge in [0.1, 0.15) is 46.8 Å². The summed E-state index contributed by atoms with van der Waals surface area (Å²) in [5.74, 6) is 0.232. The molecule has 238 valence electrons. The lowest BCUT2D eigenvalue weighted by Crippen LogP contribution is -2.59. The van der Waals surface area contributed by atoms with Crippen LogP contribution < -0.4 is 10.5 Å². The van der Waals surface area contributed by atoms with Gasteiger partial charge in [-0.3, -0.25) is 9.69 Å². The first-order chi connectivity index (χ1) is 22.1. The summed E-state index contributed by atoms with van der Waals surface area (Å²) in [7, 11) is 0. The quantitative estimate of drug-likeness (QED) is 0.197. The van der Waals surface area contributed by atoms with Gasteiger partial charge >= 0.3 is 0 Å². The van der Waals surface area contributed by atoms with Crippen LogP contribution in [0.3, 0.4) is 0 Å². The van der Waals surface area contributed by atoms with Crippen LogP contribution in [0.2, 0.25) is 0 Å². The van der Waals surface area contributed by atoms with E-state index in [0.717, 1.165) is 6.42 Å². The molecule has 2 aromatic carbocycles. The van der Waals surface area contributed by atoms with Gasteiger partial charge in [-0.1, -0.05) is 24.3 Å². The van der Waals surface area contributed by atoms with Crippen molar-refractivity contribution < 1.29 is 19.0 Å². The second kappa shape index (κ2) is 12.9. The fourth-order valence-corrected chi connectivity index (χ4v) is 6.18. The van der Waals surface area contributed by atoms with Crippen LogP contribution in [-0.2, 0) is 4.79 Å². The Morgan fingerprint density at radius 2 is 1.96 bits per heavy atom. The van der Waals surface area contributed by atoms with E-state index in [0.29, 0.717) is 73.7 Å². The first kappa shape index (κ1) is 31.1. The van der Waals surface area contributed by atoms with E-state index < -0.39 is 5.82 Å². The van der Waals surface area contributed by atoms with Gasteiger partial charge in [0.05, 0.1) is 17.5 Å². The number of aromatic nitrogens is 4. The summed E-state index contributed by atoms with van der Waals surface area (Å²) in [6.45, 7) is 6.29. The number of nitrogens with two attached hydrogens (primary N) is 1.